The Morgan fingerprint density at radius 3 is 2.48 bits per heavy atom. The Morgan fingerprint density at radius 2 is 1.88 bits per heavy atom. The Labute approximate surface area is 142 Å². The van der Waals surface area contributed by atoms with E-state index in [9.17, 15) is 14.9 Å². The lowest BCUT2D eigenvalue weighted by atomic mass is 10.2. The number of aromatic amines is 1. The number of fused-ring (bicyclic) bond motifs is 1. The van der Waals surface area contributed by atoms with Gasteiger partial charge >= 0.3 is 0 Å². The van der Waals surface area contributed by atoms with E-state index in [1.54, 1.807) is 6.07 Å². The van der Waals surface area contributed by atoms with Crippen LogP contribution in [0.3, 0.4) is 0 Å². The van der Waals surface area contributed by atoms with Crippen LogP contribution in [0.2, 0.25) is 0 Å². The summed E-state index contributed by atoms with van der Waals surface area (Å²) in [6, 6.07) is 14.9. The molecule has 0 fully saturated rings. The topological polar surface area (TPSA) is 129 Å². The van der Waals surface area contributed by atoms with Crippen LogP contribution in [-0.4, -0.2) is 26.7 Å². The maximum absolute atomic E-state index is 12.7. The third-order valence-corrected chi connectivity index (χ3v) is 3.78. The summed E-state index contributed by atoms with van der Waals surface area (Å²) in [7, 11) is 0. The molecule has 0 unspecified atom stereocenters. The fourth-order valence-corrected chi connectivity index (χ4v) is 2.51. The van der Waals surface area contributed by atoms with E-state index in [4.69, 9.17) is 11.1 Å². The molecule has 1 amide bonds. The number of aromatic nitrogens is 1. The van der Waals surface area contributed by atoms with Crippen molar-refractivity contribution in [2.45, 2.75) is 6.54 Å². The fourth-order valence-electron chi connectivity index (χ4n) is 2.51. The van der Waals surface area contributed by atoms with Crippen LogP contribution in [0.25, 0.3) is 10.9 Å². The molecule has 0 atom stereocenters. The Morgan fingerprint density at radius 1 is 1.20 bits per heavy atom. The summed E-state index contributed by atoms with van der Waals surface area (Å²) in [5.41, 5.74) is 7.28. The van der Waals surface area contributed by atoms with Crippen molar-refractivity contribution in [1.82, 2.24) is 9.88 Å². The number of non-ortho nitro benzene ring substituents is 1. The molecule has 0 spiro atoms. The van der Waals surface area contributed by atoms with Crippen molar-refractivity contribution >= 4 is 28.5 Å². The summed E-state index contributed by atoms with van der Waals surface area (Å²) < 4.78 is 0. The number of guanidine groups is 1. The zero-order chi connectivity index (χ0) is 18.0. The van der Waals surface area contributed by atoms with Crippen molar-refractivity contribution < 1.29 is 9.72 Å². The van der Waals surface area contributed by atoms with Gasteiger partial charge in [0, 0.05) is 23.0 Å². The number of H-pyrrole nitrogens is 1. The quantitative estimate of drug-likeness (QED) is 0.292. The van der Waals surface area contributed by atoms with Gasteiger partial charge in [-0.25, -0.2) is 0 Å². The minimum absolute atomic E-state index is 0.0416. The highest BCUT2D eigenvalue weighted by molar-refractivity contribution is 6.05. The van der Waals surface area contributed by atoms with Crippen LogP contribution in [0.4, 0.5) is 5.69 Å². The number of carbonyl (C=O) groups is 1. The summed E-state index contributed by atoms with van der Waals surface area (Å²) in [6.45, 7) is 0.0432. The molecule has 0 bridgehead atoms. The number of benzene rings is 2. The molecule has 0 saturated carbocycles. The maximum atomic E-state index is 12.7. The van der Waals surface area contributed by atoms with E-state index in [0.717, 1.165) is 15.8 Å². The third-order valence-electron chi connectivity index (χ3n) is 3.78. The van der Waals surface area contributed by atoms with E-state index in [1.807, 2.05) is 24.3 Å². The molecule has 126 valence electrons. The largest absolute Gasteiger partial charge is 0.370 e. The summed E-state index contributed by atoms with van der Waals surface area (Å²) in [5, 5.41) is 19.3. The molecule has 0 aliphatic heterocycles. The number of hydrogen-bond donors (Lipinski definition) is 3. The summed E-state index contributed by atoms with van der Waals surface area (Å²) in [5.74, 6) is -0.843. The number of nitrogens with zero attached hydrogens (tertiary/aromatic N) is 2. The second kappa shape index (κ2) is 6.44. The Kier molecular flexibility index (Phi) is 4.17. The molecule has 0 saturated heterocycles. The van der Waals surface area contributed by atoms with E-state index in [2.05, 4.69) is 4.98 Å². The van der Waals surface area contributed by atoms with Crippen LogP contribution < -0.4 is 5.73 Å². The summed E-state index contributed by atoms with van der Waals surface area (Å²) in [6.07, 6.45) is 0. The predicted molar refractivity (Wildman–Crippen MR) is 93.2 cm³/mol. The maximum Gasteiger partial charge on any atom is 0.277 e. The lowest BCUT2D eigenvalue weighted by molar-refractivity contribution is -0.384. The first-order valence-electron chi connectivity index (χ1n) is 7.42. The van der Waals surface area contributed by atoms with Crippen molar-refractivity contribution in [2.75, 3.05) is 0 Å². The average molecular weight is 337 g/mol. The normalized spacial score (nSPS) is 10.6. The van der Waals surface area contributed by atoms with E-state index in [0.29, 0.717) is 11.3 Å². The van der Waals surface area contributed by atoms with Gasteiger partial charge in [0.1, 0.15) is 5.69 Å². The molecule has 3 rings (SSSR count). The van der Waals surface area contributed by atoms with E-state index >= 15 is 0 Å². The van der Waals surface area contributed by atoms with Crippen LogP contribution in [0.15, 0.2) is 54.6 Å². The number of para-hydroxylation sites is 1. The van der Waals surface area contributed by atoms with Gasteiger partial charge in [0.25, 0.3) is 11.6 Å². The lowest BCUT2D eigenvalue weighted by Gasteiger charge is -2.20. The molecule has 0 radical (unpaired) electrons. The van der Waals surface area contributed by atoms with Gasteiger partial charge in [0.15, 0.2) is 5.96 Å². The summed E-state index contributed by atoms with van der Waals surface area (Å²) in [4.78, 5) is 27.0. The van der Waals surface area contributed by atoms with E-state index in [1.165, 1.54) is 24.3 Å². The molecule has 25 heavy (non-hydrogen) atoms. The number of carbonyl (C=O) groups excluding carboxylic acids is 1. The molecule has 4 N–H and O–H groups in total. The zero-order valence-electron chi connectivity index (χ0n) is 13.1. The molecule has 3 aromatic rings. The first kappa shape index (κ1) is 16.2. The molecule has 0 aliphatic carbocycles. The van der Waals surface area contributed by atoms with E-state index < -0.39 is 16.8 Å². The number of nitro groups is 1. The van der Waals surface area contributed by atoms with Gasteiger partial charge in [-0.15, -0.1) is 0 Å². The molecule has 0 aliphatic rings. The lowest BCUT2D eigenvalue weighted by Crippen LogP contribution is -2.40. The third kappa shape index (κ3) is 3.32. The molecule has 8 nitrogen and oxygen atoms in total. The zero-order valence-corrected chi connectivity index (χ0v) is 13.1. The SMILES string of the molecule is N=C(N)N(Cc1ccc([N+](=O)[O-])cc1)C(=O)c1cc2ccccc2[nH]1. The van der Waals surface area contributed by atoms with Gasteiger partial charge < -0.3 is 10.7 Å². The Bertz CT molecular complexity index is 929. The number of amides is 1. The van der Waals surface area contributed by atoms with Gasteiger partial charge in [-0.3, -0.25) is 25.2 Å². The molecule has 2 aromatic carbocycles. The number of rotatable bonds is 4. The predicted octanol–water partition coefficient (Wildman–Crippen LogP) is 2.61. The van der Waals surface area contributed by atoms with Crippen molar-refractivity contribution in [3.63, 3.8) is 0 Å². The first-order chi connectivity index (χ1) is 12.0. The van der Waals surface area contributed by atoms with Crippen LogP contribution in [0.1, 0.15) is 16.1 Å². The highest BCUT2D eigenvalue weighted by Gasteiger charge is 2.21. The van der Waals surface area contributed by atoms with Crippen LogP contribution in [0.5, 0.6) is 0 Å². The van der Waals surface area contributed by atoms with Gasteiger partial charge in [0.2, 0.25) is 0 Å². The highest BCUT2D eigenvalue weighted by Crippen LogP contribution is 2.18. The van der Waals surface area contributed by atoms with Crippen molar-refractivity contribution in [1.29, 1.82) is 5.41 Å². The molecular weight excluding hydrogens is 322 g/mol. The fraction of sp³-hybridized carbons (Fsp3) is 0.0588. The second-order valence-electron chi connectivity index (χ2n) is 5.47. The minimum Gasteiger partial charge on any atom is -0.370 e. The number of hydrogen-bond acceptors (Lipinski definition) is 4. The molecule has 1 aromatic heterocycles. The average Bonchev–Trinajstić information content (AvgIpc) is 3.03. The summed E-state index contributed by atoms with van der Waals surface area (Å²) >= 11 is 0. The van der Waals surface area contributed by atoms with Crippen molar-refractivity contribution in [2.24, 2.45) is 5.73 Å². The molecular formula is C17H15N5O3. The smallest absolute Gasteiger partial charge is 0.277 e. The first-order valence-corrected chi connectivity index (χ1v) is 7.42. The minimum atomic E-state index is -0.498. The highest BCUT2D eigenvalue weighted by atomic mass is 16.6. The number of nitrogens with two attached hydrogens (primary N) is 1. The van der Waals surface area contributed by atoms with E-state index in [-0.39, 0.29) is 12.2 Å². The van der Waals surface area contributed by atoms with Crippen LogP contribution in [0, 0.1) is 15.5 Å². The van der Waals surface area contributed by atoms with Crippen LogP contribution in [-0.2, 0) is 6.54 Å². The Balaban J connectivity index is 1.86. The van der Waals surface area contributed by atoms with Gasteiger partial charge in [-0.05, 0) is 17.7 Å². The number of nitro benzene ring substituents is 1. The molecule has 1 heterocycles. The second-order valence-corrected chi connectivity index (χ2v) is 5.47. The number of nitrogens with one attached hydrogen (secondary N) is 2. The van der Waals surface area contributed by atoms with Crippen molar-refractivity contribution in [3.05, 3.63) is 76.0 Å². The van der Waals surface area contributed by atoms with Gasteiger partial charge in [-0.1, -0.05) is 30.3 Å². The van der Waals surface area contributed by atoms with Crippen LogP contribution >= 0.6 is 0 Å². The monoisotopic (exact) mass is 337 g/mol. The van der Waals surface area contributed by atoms with Crippen molar-refractivity contribution in [3.8, 4) is 0 Å². The Hall–Kier alpha value is -3.68. The molecule has 8 heteroatoms. The van der Waals surface area contributed by atoms with Gasteiger partial charge in [0.05, 0.1) is 11.5 Å². The standard InChI is InChI=1S/C17H15N5O3/c18-17(19)21(10-11-5-7-13(8-6-11)22(24)25)16(23)15-9-12-3-1-2-4-14(12)20-15/h1-9,20H,10H2,(H3,18,19). The van der Waals surface area contributed by atoms with Gasteiger partial charge in [-0.2, -0.15) is 0 Å².